The highest BCUT2D eigenvalue weighted by Gasteiger charge is 2.41. The van der Waals surface area contributed by atoms with Gasteiger partial charge in [-0.1, -0.05) is 6.07 Å². The summed E-state index contributed by atoms with van der Waals surface area (Å²) >= 11 is 0. The zero-order valence-electron chi connectivity index (χ0n) is 15.7. The predicted octanol–water partition coefficient (Wildman–Crippen LogP) is 1.58. The van der Waals surface area contributed by atoms with Crippen molar-refractivity contribution in [1.82, 2.24) is 5.32 Å². The summed E-state index contributed by atoms with van der Waals surface area (Å²) in [6.07, 6.45) is -2.09. The van der Waals surface area contributed by atoms with Crippen molar-refractivity contribution < 1.29 is 32.4 Å². The highest BCUT2D eigenvalue weighted by molar-refractivity contribution is 7.91. The van der Waals surface area contributed by atoms with Crippen molar-refractivity contribution in [2.24, 2.45) is 5.92 Å². The van der Waals surface area contributed by atoms with E-state index < -0.39 is 61.8 Å². The van der Waals surface area contributed by atoms with Crippen LogP contribution in [0.25, 0.3) is 0 Å². The molecule has 2 rings (SSSR count). The van der Waals surface area contributed by atoms with Crippen LogP contribution in [0, 0.1) is 21.8 Å². The Bertz CT molecular complexity index is 867. The maximum absolute atomic E-state index is 13.8. The van der Waals surface area contributed by atoms with Crippen LogP contribution in [-0.2, 0) is 21.0 Å². The van der Waals surface area contributed by atoms with Crippen molar-refractivity contribution in [2.45, 2.75) is 44.9 Å². The predicted molar refractivity (Wildman–Crippen MR) is 98.1 cm³/mol. The topological polar surface area (TPSA) is 136 Å². The van der Waals surface area contributed by atoms with Crippen molar-refractivity contribution in [2.75, 3.05) is 11.5 Å². The lowest BCUT2D eigenvalue weighted by Crippen LogP contribution is -2.56. The molecule has 0 bridgehead atoms. The fourth-order valence-electron chi connectivity index (χ4n) is 3.09. The van der Waals surface area contributed by atoms with E-state index in [1.807, 2.05) is 0 Å². The van der Waals surface area contributed by atoms with Crippen molar-refractivity contribution in [1.29, 1.82) is 0 Å². The van der Waals surface area contributed by atoms with Crippen LogP contribution in [0.15, 0.2) is 18.2 Å². The van der Waals surface area contributed by atoms with Crippen molar-refractivity contribution in [3.63, 3.8) is 0 Å². The lowest BCUT2D eigenvalue weighted by atomic mass is 9.91. The summed E-state index contributed by atoms with van der Waals surface area (Å²) in [4.78, 5) is 21.8. The van der Waals surface area contributed by atoms with Gasteiger partial charge in [-0.15, -0.1) is 0 Å². The summed E-state index contributed by atoms with van der Waals surface area (Å²) in [6.45, 7) is 4.94. The van der Waals surface area contributed by atoms with E-state index in [0.29, 0.717) is 5.56 Å². The summed E-state index contributed by atoms with van der Waals surface area (Å²) < 4.78 is 43.3. The van der Waals surface area contributed by atoms with Gasteiger partial charge < -0.3 is 15.2 Å². The molecule has 3 unspecified atom stereocenters. The Hall–Kier alpha value is -2.27. The van der Waals surface area contributed by atoms with Gasteiger partial charge in [0.25, 0.3) is 0 Å². The number of amides is 1. The molecule has 3 atom stereocenters. The second-order valence-corrected chi connectivity index (χ2v) is 9.98. The van der Waals surface area contributed by atoms with Gasteiger partial charge in [0.2, 0.25) is 5.82 Å². The second-order valence-electron chi connectivity index (χ2n) is 7.83. The first-order valence-corrected chi connectivity index (χ1v) is 10.4. The smallest absolute Gasteiger partial charge is 0.407 e. The number of rotatable bonds is 4. The number of carbonyl (C=O) groups is 1. The highest BCUT2D eigenvalue weighted by Crippen LogP contribution is 2.26. The van der Waals surface area contributed by atoms with Gasteiger partial charge in [-0.05, 0) is 38.8 Å². The molecule has 0 aliphatic carbocycles. The van der Waals surface area contributed by atoms with E-state index in [9.17, 15) is 32.8 Å². The van der Waals surface area contributed by atoms with Gasteiger partial charge in [0.1, 0.15) is 5.60 Å². The lowest BCUT2D eigenvalue weighted by molar-refractivity contribution is -0.387. The Labute approximate surface area is 162 Å². The Balaban J connectivity index is 2.16. The number of sulfone groups is 1. The molecule has 1 amide bonds. The van der Waals surface area contributed by atoms with Crippen molar-refractivity contribution >= 4 is 21.6 Å². The molecule has 9 nitrogen and oxygen atoms in total. The molecule has 28 heavy (non-hydrogen) atoms. The molecule has 1 aromatic carbocycles. The van der Waals surface area contributed by atoms with Crippen LogP contribution in [0.3, 0.4) is 0 Å². The van der Waals surface area contributed by atoms with Gasteiger partial charge >= 0.3 is 11.8 Å². The number of alkyl carbamates (subject to hydrolysis) is 1. The van der Waals surface area contributed by atoms with E-state index in [0.717, 1.165) is 12.1 Å². The lowest BCUT2D eigenvalue weighted by Gasteiger charge is -2.35. The summed E-state index contributed by atoms with van der Waals surface area (Å²) in [5.74, 6) is -2.66. The molecule has 1 heterocycles. The van der Waals surface area contributed by atoms with Crippen LogP contribution < -0.4 is 5.32 Å². The maximum atomic E-state index is 13.8. The number of hydrogen-bond donors (Lipinski definition) is 2. The molecular weight excluding hydrogens is 395 g/mol. The average molecular weight is 418 g/mol. The molecule has 0 spiro atoms. The normalized spacial score (nSPS) is 24.4. The summed E-state index contributed by atoms with van der Waals surface area (Å²) in [6, 6.07) is 2.17. The fraction of sp³-hybridized carbons (Fsp3) is 0.588. The first-order chi connectivity index (χ1) is 12.8. The van der Waals surface area contributed by atoms with Crippen LogP contribution in [0.4, 0.5) is 14.9 Å². The highest BCUT2D eigenvalue weighted by atomic mass is 32.2. The maximum Gasteiger partial charge on any atom is 0.407 e. The zero-order valence-corrected chi connectivity index (χ0v) is 16.5. The van der Waals surface area contributed by atoms with E-state index in [4.69, 9.17) is 4.74 Å². The Morgan fingerprint density at radius 1 is 1.39 bits per heavy atom. The monoisotopic (exact) mass is 418 g/mol. The Morgan fingerprint density at radius 3 is 2.57 bits per heavy atom. The first-order valence-electron chi connectivity index (χ1n) is 8.58. The summed E-state index contributed by atoms with van der Waals surface area (Å²) in [7, 11) is -3.59. The van der Waals surface area contributed by atoms with E-state index >= 15 is 0 Å². The van der Waals surface area contributed by atoms with Gasteiger partial charge in [-0.3, -0.25) is 10.1 Å². The number of nitrogens with zero attached hydrogens (tertiary/aromatic N) is 1. The van der Waals surface area contributed by atoms with Gasteiger partial charge in [0.15, 0.2) is 9.84 Å². The van der Waals surface area contributed by atoms with Gasteiger partial charge in [-0.25, -0.2) is 13.2 Å². The Kier molecular flexibility index (Phi) is 6.29. The minimum absolute atomic E-state index is 0.0260. The van der Waals surface area contributed by atoms with Crippen LogP contribution in [-0.4, -0.2) is 53.8 Å². The van der Waals surface area contributed by atoms with Gasteiger partial charge in [0, 0.05) is 12.0 Å². The largest absolute Gasteiger partial charge is 0.444 e. The molecule has 0 saturated carbocycles. The first kappa shape index (κ1) is 22.0. The number of hydrogen-bond acceptors (Lipinski definition) is 7. The minimum Gasteiger partial charge on any atom is -0.444 e. The summed E-state index contributed by atoms with van der Waals surface area (Å²) in [5, 5.41) is 23.6. The molecule has 156 valence electrons. The van der Waals surface area contributed by atoms with Gasteiger partial charge in [-0.2, -0.15) is 4.39 Å². The number of aliphatic hydroxyl groups excluding tert-OH is 1. The fourth-order valence-corrected chi connectivity index (χ4v) is 5.02. The van der Waals surface area contributed by atoms with Gasteiger partial charge in [0.05, 0.1) is 28.6 Å². The third-order valence-corrected chi connectivity index (χ3v) is 6.01. The number of nitrogens with one attached hydrogen (secondary N) is 1. The molecule has 1 saturated heterocycles. The third kappa shape index (κ3) is 5.86. The molecule has 1 aliphatic heterocycles. The molecule has 1 aromatic rings. The van der Waals surface area contributed by atoms with Crippen molar-refractivity contribution in [3.05, 3.63) is 39.7 Å². The van der Waals surface area contributed by atoms with E-state index in [-0.39, 0.29) is 12.2 Å². The third-order valence-electron chi connectivity index (χ3n) is 4.21. The number of nitro groups is 1. The SMILES string of the molecule is CC(C)(C)OC(=O)NC1CS(=O)(=O)CC(Cc2ccc([N+](=O)[O-])c(F)c2)C1O. The minimum atomic E-state index is -3.59. The van der Waals surface area contributed by atoms with E-state index in [1.54, 1.807) is 20.8 Å². The quantitative estimate of drug-likeness (QED) is 0.559. The molecule has 0 radical (unpaired) electrons. The number of ether oxygens (including phenoxy) is 1. The van der Waals surface area contributed by atoms with Crippen LogP contribution >= 0.6 is 0 Å². The van der Waals surface area contributed by atoms with Crippen molar-refractivity contribution in [3.8, 4) is 0 Å². The van der Waals surface area contributed by atoms with E-state index in [1.165, 1.54) is 6.07 Å². The molecule has 1 fully saturated rings. The molecule has 11 heteroatoms. The molecular formula is C17H23FN2O7S. The van der Waals surface area contributed by atoms with Crippen LogP contribution in [0.2, 0.25) is 0 Å². The van der Waals surface area contributed by atoms with Crippen LogP contribution in [0.5, 0.6) is 0 Å². The zero-order chi connectivity index (χ0) is 21.3. The van der Waals surface area contributed by atoms with Crippen LogP contribution in [0.1, 0.15) is 26.3 Å². The van der Waals surface area contributed by atoms with E-state index in [2.05, 4.69) is 5.32 Å². The standard InChI is InChI=1S/C17H23FN2O7S/c1-17(2,3)27-16(22)19-13-9-28(25,26)8-11(15(13)21)6-10-4-5-14(20(23)24)12(18)7-10/h4-5,7,11,13,15,21H,6,8-9H2,1-3H3,(H,19,22). The number of nitro benzene ring substituents is 1. The molecule has 2 N–H and O–H groups in total. The number of carbonyl (C=O) groups excluding carboxylic acids is 1. The number of halogens is 1. The second kappa shape index (κ2) is 8.00. The number of benzene rings is 1. The molecule has 0 aromatic heterocycles. The molecule has 1 aliphatic rings. The number of aliphatic hydroxyl groups is 1. The summed E-state index contributed by atoms with van der Waals surface area (Å²) in [5.41, 5.74) is -1.18. The Morgan fingerprint density at radius 2 is 2.04 bits per heavy atom. The average Bonchev–Trinajstić information content (AvgIpc) is 2.49.